The average Bonchev–Trinajstić information content (AvgIpc) is 3.15. The summed E-state index contributed by atoms with van der Waals surface area (Å²) in [6, 6.07) is 5.35. The Morgan fingerprint density at radius 3 is 2.88 bits per heavy atom. The summed E-state index contributed by atoms with van der Waals surface area (Å²) in [6.45, 7) is -0.446. The highest BCUT2D eigenvalue weighted by molar-refractivity contribution is 5.90. The second kappa shape index (κ2) is 6.99. The van der Waals surface area contributed by atoms with Crippen LogP contribution in [0.25, 0.3) is 0 Å². The standard InChI is InChI=1S/C15H16F3N5O2/c16-15(17,18)9-25-11-5-2-1-4-10(11)20-14(24)19-8-13-22-21-12-6-3-7-23(12)13/h1-2,4-5H,3,6-9H2,(H2,19,20,24). The molecule has 134 valence electrons. The second-order valence-electron chi connectivity index (χ2n) is 5.50. The molecule has 0 atom stereocenters. The molecule has 1 aromatic carbocycles. The summed E-state index contributed by atoms with van der Waals surface area (Å²) in [5.74, 6) is 1.48. The lowest BCUT2D eigenvalue weighted by Crippen LogP contribution is -2.29. The van der Waals surface area contributed by atoms with E-state index in [2.05, 4.69) is 20.8 Å². The maximum atomic E-state index is 12.3. The fourth-order valence-electron chi connectivity index (χ4n) is 2.52. The SMILES string of the molecule is O=C(NCc1nnc2n1CCC2)Nc1ccccc1OCC(F)(F)F. The third-order valence-electron chi connectivity index (χ3n) is 3.62. The number of aromatic nitrogens is 3. The number of hydrogen-bond donors (Lipinski definition) is 2. The number of urea groups is 1. The van der Waals surface area contributed by atoms with Gasteiger partial charge in [0.25, 0.3) is 0 Å². The van der Waals surface area contributed by atoms with Crippen LogP contribution >= 0.6 is 0 Å². The zero-order valence-corrected chi connectivity index (χ0v) is 13.1. The number of amides is 2. The molecular formula is C15H16F3N5O2. The highest BCUT2D eigenvalue weighted by Crippen LogP contribution is 2.26. The third-order valence-corrected chi connectivity index (χ3v) is 3.62. The van der Waals surface area contributed by atoms with E-state index in [4.69, 9.17) is 4.74 Å². The fourth-order valence-corrected chi connectivity index (χ4v) is 2.52. The Kier molecular flexibility index (Phi) is 4.77. The van der Waals surface area contributed by atoms with E-state index in [1.165, 1.54) is 18.2 Å². The number of halogens is 3. The zero-order chi connectivity index (χ0) is 17.9. The topological polar surface area (TPSA) is 81.1 Å². The van der Waals surface area contributed by atoms with Crippen molar-refractivity contribution < 1.29 is 22.7 Å². The van der Waals surface area contributed by atoms with Crippen LogP contribution in [0.15, 0.2) is 24.3 Å². The Balaban J connectivity index is 1.57. The first kappa shape index (κ1) is 17.1. The van der Waals surface area contributed by atoms with E-state index in [9.17, 15) is 18.0 Å². The van der Waals surface area contributed by atoms with E-state index >= 15 is 0 Å². The number of carbonyl (C=O) groups is 1. The van der Waals surface area contributed by atoms with Gasteiger partial charge in [0.05, 0.1) is 12.2 Å². The smallest absolute Gasteiger partial charge is 0.422 e. The van der Waals surface area contributed by atoms with Crippen LogP contribution in [0.1, 0.15) is 18.1 Å². The van der Waals surface area contributed by atoms with Gasteiger partial charge in [0, 0.05) is 13.0 Å². The van der Waals surface area contributed by atoms with E-state index in [-0.39, 0.29) is 18.0 Å². The van der Waals surface area contributed by atoms with Gasteiger partial charge in [-0.15, -0.1) is 10.2 Å². The first-order valence-corrected chi connectivity index (χ1v) is 7.67. The van der Waals surface area contributed by atoms with E-state index < -0.39 is 18.8 Å². The van der Waals surface area contributed by atoms with Crippen LogP contribution in [0.2, 0.25) is 0 Å². The predicted octanol–water partition coefficient (Wildman–Crippen LogP) is 2.49. The van der Waals surface area contributed by atoms with Gasteiger partial charge in [-0.25, -0.2) is 4.79 Å². The summed E-state index contributed by atoms with van der Waals surface area (Å²) >= 11 is 0. The van der Waals surface area contributed by atoms with Gasteiger partial charge in [-0.2, -0.15) is 13.2 Å². The monoisotopic (exact) mass is 355 g/mol. The van der Waals surface area contributed by atoms with Gasteiger partial charge in [0.15, 0.2) is 12.4 Å². The molecule has 1 aliphatic heterocycles. The van der Waals surface area contributed by atoms with Crippen molar-refractivity contribution in [2.24, 2.45) is 0 Å². The van der Waals surface area contributed by atoms with Crippen LogP contribution in [-0.2, 0) is 19.5 Å². The van der Waals surface area contributed by atoms with Crippen molar-refractivity contribution in [2.45, 2.75) is 32.1 Å². The summed E-state index contributed by atoms with van der Waals surface area (Å²) in [7, 11) is 0. The minimum atomic E-state index is -4.45. The molecule has 2 heterocycles. The van der Waals surface area contributed by atoms with Gasteiger partial charge < -0.3 is 19.9 Å². The number of nitrogens with one attached hydrogen (secondary N) is 2. The van der Waals surface area contributed by atoms with Crippen molar-refractivity contribution in [1.82, 2.24) is 20.1 Å². The number of para-hydroxylation sites is 2. The summed E-state index contributed by atoms with van der Waals surface area (Å²) in [6.07, 6.45) is -2.60. The highest BCUT2D eigenvalue weighted by atomic mass is 19.4. The molecular weight excluding hydrogens is 339 g/mol. The molecule has 10 heteroatoms. The van der Waals surface area contributed by atoms with Crippen molar-refractivity contribution >= 4 is 11.7 Å². The zero-order valence-electron chi connectivity index (χ0n) is 13.1. The number of aryl methyl sites for hydroxylation is 1. The molecule has 25 heavy (non-hydrogen) atoms. The maximum absolute atomic E-state index is 12.3. The van der Waals surface area contributed by atoms with Crippen LogP contribution in [0.5, 0.6) is 5.75 Å². The number of fused-ring (bicyclic) bond motifs is 1. The minimum absolute atomic E-state index is 0.0571. The van der Waals surface area contributed by atoms with Gasteiger partial charge in [-0.05, 0) is 18.6 Å². The largest absolute Gasteiger partial charge is 0.482 e. The Morgan fingerprint density at radius 2 is 2.08 bits per heavy atom. The molecule has 0 saturated carbocycles. The number of ether oxygens (including phenoxy) is 1. The van der Waals surface area contributed by atoms with Gasteiger partial charge >= 0.3 is 12.2 Å². The molecule has 0 unspecified atom stereocenters. The van der Waals surface area contributed by atoms with Crippen molar-refractivity contribution in [3.05, 3.63) is 35.9 Å². The van der Waals surface area contributed by atoms with Crippen molar-refractivity contribution in [1.29, 1.82) is 0 Å². The molecule has 0 fully saturated rings. The van der Waals surface area contributed by atoms with E-state index in [0.29, 0.717) is 5.82 Å². The van der Waals surface area contributed by atoms with Crippen molar-refractivity contribution in [3.8, 4) is 5.75 Å². The lowest BCUT2D eigenvalue weighted by Gasteiger charge is -2.14. The molecule has 3 rings (SSSR count). The van der Waals surface area contributed by atoms with Crippen LogP contribution in [-0.4, -0.2) is 33.6 Å². The Bertz CT molecular complexity index is 760. The number of rotatable bonds is 5. The third kappa shape index (κ3) is 4.40. The first-order chi connectivity index (χ1) is 11.9. The number of benzene rings is 1. The second-order valence-corrected chi connectivity index (χ2v) is 5.50. The molecule has 1 aromatic heterocycles. The summed E-state index contributed by atoms with van der Waals surface area (Å²) in [5.41, 5.74) is 0.149. The van der Waals surface area contributed by atoms with Crippen LogP contribution in [0.4, 0.5) is 23.7 Å². The normalized spacial score (nSPS) is 13.4. The van der Waals surface area contributed by atoms with Gasteiger partial charge in [0.1, 0.15) is 11.6 Å². The number of anilines is 1. The highest BCUT2D eigenvalue weighted by Gasteiger charge is 2.29. The summed E-state index contributed by atoms with van der Waals surface area (Å²) in [4.78, 5) is 12.0. The van der Waals surface area contributed by atoms with Crippen LogP contribution < -0.4 is 15.4 Å². The quantitative estimate of drug-likeness (QED) is 0.863. The maximum Gasteiger partial charge on any atom is 0.422 e. The van der Waals surface area contributed by atoms with Crippen LogP contribution in [0, 0.1) is 0 Å². The Labute approximate surface area is 141 Å². The summed E-state index contributed by atoms with van der Waals surface area (Å²) < 4.78 is 43.5. The number of hydrogen-bond acceptors (Lipinski definition) is 4. The minimum Gasteiger partial charge on any atom is -0.482 e. The molecule has 0 aliphatic carbocycles. The molecule has 2 N–H and O–H groups in total. The lowest BCUT2D eigenvalue weighted by molar-refractivity contribution is -0.153. The van der Waals surface area contributed by atoms with E-state index in [1.807, 2.05) is 4.57 Å². The molecule has 7 nitrogen and oxygen atoms in total. The number of nitrogens with zero attached hydrogens (tertiary/aromatic N) is 3. The predicted molar refractivity (Wildman–Crippen MR) is 82.2 cm³/mol. The lowest BCUT2D eigenvalue weighted by atomic mass is 10.3. The van der Waals surface area contributed by atoms with E-state index in [1.54, 1.807) is 6.07 Å². The van der Waals surface area contributed by atoms with Crippen molar-refractivity contribution in [3.63, 3.8) is 0 Å². The number of carbonyl (C=O) groups excluding carboxylic acids is 1. The van der Waals surface area contributed by atoms with E-state index in [0.717, 1.165) is 25.2 Å². The molecule has 2 amide bonds. The molecule has 1 aliphatic rings. The number of alkyl halides is 3. The average molecular weight is 355 g/mol. The van der Waals surface area contributed by atoms with Crippen LogP contribution in [0.3, 0.4) is 0 Å². The summed E-state index contributed by atoms with van der Waals surface area (Å²) in [5, 5.41) is 13.1. The molecule has 0 saturated heterocycles. The molecule has 0 radical (unpaired) electrons. The Morgan fingerprint density at radius 1 is 1.28 bits per heavy atom. The van der Waals surface area contributed by atoms with Crippen molar-refractivity contribution in [2.75, 3.05) is 11.9 Å². The van der Waals surface area contributed by atoms with Gasteiger partial charge in [0.2, 0.25) is 0 Å². The Hall–Kier alpha value is -2.78. The molecule has 0 bridgehead atoms. The van der Waals surface area contributed by atoms with Gasteiger partial charge in [-0.3, -0.25) is 0 Å². The first-order valence-electron chi connectivity index (χ1n) is 7.67. The van der Waals surface area contributed by atoms with Gasteiger partial charge in [-0.1, -0.05) is 12.1 Å². The molecule has 2 aromatic rings. The fraction of sp³-hybridized carbons (Fsp3) is 0.400. The molecule has 0 spiro atoms.